The molecular weight excluding hydrogens is 245 g/mol. The Morgan fingerprint density at radius 2 is 2.24 bits per heavy atom. The Bertz CT molecular complexity index is 422. The van der Waals surface area contributed by atoms with E-state index in [1.807, 2.05) is 0 Å². The molecule has 0 aromatic heterocycles. The van der Waals surface area contributed by atoms with Crippen LogP contribution in [0.4, 0.5) is 4.39 Å². The van der Waals surface area contributed by atoms with Crippen LogP contribution in [-0.2, 0) is 5.60 Å². The molecule has 1 saturated heterocycles. The molecule has 0 amide bonds. The first-order valence-corrected chi connectivity index (χ1v) is 6.01. The van der Waals surface area contributed by atoms with Crippen LogP contribution in [-0.4, -0.2) is 29.4 Å². The van der Waals surface area contributed by atoms with Crippen LogP contribution in [0.25, 0.3) is 0 Å². The molecule has 1 heterocycles. The summed E-state index contributed by atoms with van der Waals surface area (Å²) in [6, 6.07) is 3.95. The van der Waals surface area contributed by atoms with Crippen LogP contribution in [0.15, 0.2) is 18.2 Å². The second-order valence-corrected chi connectivity index (χ2v) is 5.13. The highest BCUT2D eigenvalue weighted by atomic mass is 35.5. The molecule has 0 spiro atoms. The maximum atomic E-state index is 13.2. The molecule has 1 aliphatic rings. The number of aliphatic hydroxyl groups is 1. The highest BCUT2D eigenvalue weighted by Gasteiger charge is 2.44. The van der Waals surface area contributed by atoms with Crippen LogP contribution in [0, 0.1) is 11.0 Å². The molecule has 0 radical (unpaired) electrons. The molecule has 2 unspecified atom stereocenters. The summed E-state index contributed by atoms with van der Waals surface area (Å²) in [6.45, 7) is 2.60. The van der Waals surface area contributed by atoms with E-state index in [4.69, 9.17) is 11.6 Å². The van der Waals surface area contributed by atoms with E-state index < -0.39 is 16.1 Å². The summed E-state index contributed by atoms with van der Waals surface area (Å²) in [5.74, 6) is -0.492. The number of likely N-dealkylation sites (tertiary alicyclic amines) is 1. The third-order valence-corrected chi connectivity index (χ3v) is 3.68. The van der Waals surface area contributed by atoms with Crippen molar-refractivity contribution in [3.05, 3.63) is 39.8 Å². The van der Waals surface area contributed by atoms with Crippen molar-refractivity contribution < 1.29 is 14.1 Å². The van der Waals surface area contributed by atoms with Gasteiger partial charge >= 0.3 is 0 Å². The first kappa shape index (κ1) is 12.8. The minimum atomic E-state index is -1.26. The number of hydrogen-bond acceptors (Lipinski definition) is 2. The van der Waals surface area contributed by atoms with Gasteiger partial charge in [-0.3, -0.25) is 0 Å². The second kappa shape index (κ2) is 4.21. The van der Waals surface area contributed by atoms with Gasteiger partial charge in [0.25, 0.3) is 0 Å². The van der Waals surface area contributed by atoms with Crippen molar-refractivity contribution in [2.45, 2.75) is 18.9 Å². The van der Waals surface area contributed by atoms with Crippen molar-refractivity contribution >= 4 is 11.6 Å². The molecule has 2 rings (SSSR count). The average Bonchev–Trinajstić information content (AvgIpc) is 2.56. The van der Waals surface area contributed by atoms with Crippen LogP contribution < -0.4 is 0 Å². The van der Waals surface area contributed by atoms with Crippen molar-refractivity contribution in [2.75, 3.05) is 19.6 Å². The molecule has 0 saturated carbocycles. The van der Waals surface area contributed by atoms with E-state index in [2.05, 4.69) is 0 Å². The van der Waals surface area contributed by atoms with Gasteiger partial charge in [-0.25, -0.2) is 4.39 Å². The third kappa shape index (κ3) is 2.45. The van der Waals surface area contributed by atoms with Crippen LogP contribution in [0.2, 0.25) is 5.02 Å². The molecule has 1 N–H and O–H groups in total. The van der Waals surface area contributed by atoms with E-state index in [9.17, 15) is 14.7 Å². The van der Waals surface area contributed by atoms with Gasteiger partial charge in [0.05, 0.1) is 13.1 Å². The number of hydroxylamine groups is 3. The standard InChI is InChI=1S/C12H15ClFNO2/c1-2-15(17)4-3-12(16,8-15)9-5-10(13)7-11(14)6-9/h5-7,16H,2-4,8H2,1H3. The van der Waals surface area contributed by atoms with E-state index in [1.54, 1.807) is 6.92 Å². The Morgan fingerprint density at radius 1 is 1.53 bits per heavy atom. The van der Waals surface area contributed by atoms with Gasteiger partial charge < -0.3 is 15.0 Å². The molecule has 5 heteroatoms. The molecule has 1 aliphatic heterocycles. The zero-order chi connectivity index (χ0) is 12.7. The first-order chi connectivity index (χ1) is 7.87. The largest absolute Gasteiger partial charge is 0.633 e. The molecule has 3 nitrogen and oxygen atoms in total. The van der Waals surface area contributed by atoms with Crippen molar-refractivity contribution in [3.8, 4) is 0 Å². The monoisotopic (exact) mass is 259 g/mol. The van der Waals surface area contributed by atoms with E-state index in [0.29, 0.717) is 25.1 Å². The van der Waals surface area contributed by atoms with Crippen molar-refractivity contribution in [3.63, 3.8) is 0 Å². The summed E-state index contributed by atoms with van der Waals surface area (Å²) in [7, 11) is 0. The molecular formula is C12H15ClFNO2. The third-order valence-electron chi connectivity index (χ3n) is 3.46. The van der Waals surface area contributed by atoms with Crippen LogP contribution >= 0.6 is 11.6 Å². The molecule has 1 aromatic carbocycles. The molecule has 1 aromatic rings. The average molecular weight is 260 g/mol. The lowest BCUT2D eigenvalue weighted by Crippen LogP contribution is -2.42. The van der Waals surface area contributed by atoms with Crippen LogP contribution in [0.1, 0.15) is 18.9 Å². The van der Waals surface area contributed by atoms with Crippen LogP contribution in [0.5, 0.6) is 0 Å². The SMILES string of the molecule is CC[N+]1([O-])CCC(O)(c2cc(F)cc(Cl)c2)C1. The van der Waals surface area contributed by atoms with E-state index >= 15 is 0 Å². The Hall–Kier alpha value is -0.680. The Kier molecular flexibility index (Phi) is 3.16. The first-order valence-electron chi connectivity index (χ1n) is 5.63. The fraction of sp³-hybridized carbons (Fsp3) is 0.500. The number of nitrogens with zero attached hydrogens (tertiary/aromatic N) is 1. The summed E-state index contributed by atoms with van der Waals surface area (Å²) >= 11 is 5.76. The Balaban J connectivity index is 2.34. The summed E-state index contributed by atoms with van der Waals surface area (Å²) in [6.07, 6.45) is 0.337. The van der Waals surface area contributed by atoms with Crippen LogP contribution in [0.3, 0.4) is 0 Å². The van der Waals surface area contributed by atoms with Gasteiger partial charge in [-0.2, -0.15) is 0 Å². The predicted octanol–water partition coefficient (Wildman–Crippen LogP) is 2.40. The van der Waals surface area contributed by atoms with Gasteiger partial charge in [-0.1, -0.05) is 11.6 Å². The van der Waals surface area contributed by atoms with Gasteiger partial charge in [-0.05, 0) is 30.7 Å². The smallest absolute Gasteiger partial charge is 0.144 e. The lowest BCUT2D eigenvalue weighted by molar-refractivity contribution is -0.869. The predicted molar refractivity (Wildman–Crippen MR) is 63.8 cm³/mol. The number of rotatable bonds is 2. The number of benzene rings is 1. The summed E-state index contributed by atoms with van der Waals surface area (Å²) in [4.78, 5) is 0. The highest BCUT2D eigenvalue weighted by Crippen LogP contribution is 2.36. The summed E-state index contributed by atoms with van der Waals surface area (Å²) in [5.41, 5.74) is -0.865. The molecule has 2 atom stereocenters. The van der Waals surface area contributed by atoms with Crippen molar-refractivity contribution in [2.24, 2.45) is 0 Å². The lowest BCUT2D eigenvalue weighted by atomic mass is 9.93. The minimum Gasteiger partial charge on any atom is -0.633 e. The molecule has 0 aliphatic carbocycles. The zero-order valence-electron chi connectivity index (χ0n) is 9.62. The second-order valence-electron chi connectivity index (χ2n) is 4.70. The lowest BCUT2D eigenvalue weighted by Gasteiger charge is -2.38. The highest BCUT2D eigenvalue weighted by molar-refractivity contribution is 6.30. The zero-order valence-corrected chi connectivity index (χ0v) is 10.4. The van der Waals surface area contributed by atoms with Gasteiger partial charge in [-0.15, -0.1) is 0 Å². The fourth-order valence-corrected chi connectivity index (χ4v) is 2.57. The van der Waals surface area contributed by atoms with Gasteiger partial charge in [0.2, 0.25) is 0 Å². The normalized spacial score (nSPS) is 33.0. The summed E-state index contributed by atoms with van der Waals surface area (Å²) in [5, 5.41) is 22.8. The van der Waals surface area contributed by atoms with E-state index in [0.717, 1.165) is 0 Å². The van der Waals surface area contributed by atoms with Gasteiger partial charge in [0.15, 0.2) is 0 Å². The number of hydrogen-bond donors (Lipinski definition) is 1. The molecule has 0 bridgehead atoms. The summed E-state index contributed by atoms with van der Waals surface area (Å²) < 4.78 is 12.8. The maximum absolute atomic E-state index is 13.2. The minimum absolute atomic E-state index is 0.0588. The Labute approximate surface area is 105 Å². The van der Waals surface area contributed by atoms with Gasteiger partial charge in [0.1, 0.15) is 18.0 Å². The quantitative estimate of drug-likeness (QED) is 0.655. The van der Waals surface area contributed by atoms with Gasteiger partial charge in [0, 0.05) is 11.4 Å². The number of quaternary nitrogens is 1. The van der Waals surface area contributed by atoms with E-state index in [1.165, 1.54) is 18.2 Å². The molecule has 17 heavy (non-hydrogen) atoms. The molecule has 94 valence electrons. The topological polar surface area (TPSA) is 43.3 Å². The molecule has 1 fully saturated rings. The van der Waals surface area contributed by atoms with Crippen molar-refractivity contribution in [1.82, 2.24) is 0 Å². The Morgan fingerprint density at radius 3 is 2.76 bits per heavy atom. The van der Waals surface area contributed by atoms with E-state index in [-0.39, 0.29) is 11.6 Å². The number of halogens is 2. The fourth-order valence-electron chi connectivity index (χ4n) is 2.35. The number of likely N-dealkylation sites (N-methyl/N-ethyl adjacent to an activating group) is 1. The van der Waals surface area contributed by atoms with Crippen molar-refractivity contribution in [1.29, 1.82) is 0 Å². The maximum Gasteiger partial charge on any atom is 0.144 e.